The molecule has 4 aromatic rings. The Labute approximate surface area is 216 Å². The van der Waals surface area contributed by atoms with Gasteiger partial charge in [-0.3, -0.25) is 9.89 Å². The molecule has 0 saturated carbocycles. The standard InChI is InChI=1S/C30H31N3O4/c1-19-15-20(2)29(34)24(16-19)26-25-27(32-31-26)30(35)33(13-8-14-36-3)28(25)22-11-7-12-23(17-22)37-18-21-9-5-4-6-10-21/h4-7,9-12,15-17,28,34H,8,13-14,18H2,1-3H3,(H,31,32). The molecule has 2 N–H and O–H groups in total. The van der Waals surface area contributed by atoms with Crippen molar-refractivity contribution in [1.82, 2.24) is 15.1 Å². The van der Waals surface area contributed by atoms with Gasteiger partial charge in [-0.1, -0.05) is 48.5 Å². The number of H-pyrrole nitrogens is 1. The number of aromatic amines is 1. The average Bonchev–Trinajstić information content (AvgIpc) is 3.45. The van der Waals surface area contributed by atoms with Crippen LogP contribution in [0.2, 0.25) is 0 Å². The van der Waals surface area contributed by atoms with Gasteiger partial charge < -0.3 is 19.5 Å². The Morgan fingerprint density at radius 1 is 1.05 bits per heavy atom. The first-order valence-corrected chi connectivity index (χ1v) is 12.4. The topological polar surface area (TPSA) is 87.7 Å². The van der Waals surface area contributed by atoms with E-state index < -0.39 is 0 Å². The molecule has 3 aromatic carbocycles. The van der Waals surface area contributed by atoms with E-state index in [1.54, 1.807) is 7.11 Å². The van der Waals surface area contributed by atoms with Crippen LogP contribution in [0.1, 0.15) is 50.8 Å². The Morgan fingerprint density at radius 3 is 2.65 bits per heavy atom. The van der Waals surface area contributed by atoms with Crippen LogP contribution in [0.25, 0.3) is 11.3 Å². The first-order chi connectivity index (χ1) is 18.0. The summed E-state index contributed by atoms with van der Waals surface area (Å²) in [5.74, 6) is 0.775. The molecule has 1 aromatic heterocycles. The van der Waals surface area contributed by atoms with E-state index in [1.165, 1.54) is 0 Å². The Bertz CT molecular complexity index is 1410. The van der Waals surface area contributed by atoms with E-state index >= 15 is 0 Å². The summed E-state index contributed by atoms with van der Waals surface area (Å²) in [6, 6.07) is 21.3. The second-order valence-electron chi connectivity index (χ2n) is 9.43. The lowest BCUT2D eigenvalue weighted by Gasteiger charge is -2.27. The number of hydrogen-bond donors (Lipinski definition) is 2. The fourth-order valence-electron chi connectivity index (χ4n) is 5.01. The van der Waals surface area contributed by atoms with Crippen LogP contribution in [-0.4, -0.2) is 46.4 Å². The fraction of sp³-hybridized carbons (Fsp3) is 0.267. The lowest BCUT2D eigenvalue weighted by atomic mass is 9.94. The van der Waals surface area contributed by atoms with Gasteiger partial charge >= 0.3 is 0 Å². The molecule has 0 fully saturated rings. The summed E-state index contributed by atoms with van der Waals surface area (Å²) in [4.78, 5) is 15.4. The van der Waals surface area contributed by atoms with Crippen molar-refractivity contribution in [2.75, 3.05) is 20.3 Å². The highest BCUT2D eigenvalue weighted by atomic mass is 16.5. The third-order valence-corrected chi connectivity index (χ3v) is 6.73. The van der Waals surface area contributed by atoms with Gasteiger partial charge in [0, 0.05) is 31.4 Å². The molecule has 7 heteroatoms. The minimum absolute atomic E-state index is 0.116. The summed E-state index contributed by atoms with van der Waals surface area (Å²) in [5.41, 5.74) is 6.19. The Balaban J connectivity index is 1.56. The van der Waals surface area contributed by atoms with E-state index in [1.807, 2.05) is 85.5 Å². The van der Waals surface area contributed by atoms with Crippen molar-refractivity contribution in [3.05, 3.63) is 100 Å². The molecule has 1 atom stereocenters. The second kappa shape index (κ2) is 10.5. The number of nitrogens with zero attached hydrogens (tertiary/aromatic N) is 2. The number of nitrogens with one attached hydrogen (secondary N) is 1. The predicted molar refractivity (Wildman–Crippen MR) is 142 cm³/mol. The monoisotopic (exact) mass is 497 g/mol. The zero-order chi connectivity index (χ0) is 25.9. The predicted octanol–water partition coefficient (Wildman–Crippen LogP) is 5.56. The number of aromatic hydroxyl groups is 1. The third kappa shape index (κ3) is 4.82. The van der Waals surface area contributed by atoms with Crippen LogP contribution in [0.3, 0.4) is 0 Å². The number of hydrogen-bond acceptors (Lipinski definition) is 5. The molecule has 0 spiro atoms. The van der Waals surface area contributed by atoms with Crippen molar-refractivity contribution in [3.63, 3.8) is 0 Å². The summed E-state index contributed by atoms with van der Waals surface area (Å²) in [6.45, 7) is 5.37. The molecular formula is C30H31N3O4. The Morgan fingerprint density at radius 2 is 1.86 bits per heavy atom. The van der Waals surface area contributed by atoms with Crippen LogP contribution >= 0.6 is 0 Å². The van der Waals surface area contributed by atoms with Crippen LogP contribution in [0, 0.1) is 13.8 Å². The normalized spacial score (nSPS) is 14.7. The van der Waals surface area contributed by atoms with E-state index in [9.17, 15) is 9.90 Å². The van der Waals surface area contributed by atoms with Crippen LogP contribution in [0.4, 0.5) is 0 Å². The summed E-state index contributed by atoms with van der Waals surface area (Å²) in [6.07, 6.45) is 0.699. The SMILES string of the molecule is COCCCN1C(=O)c2[nH]nc(-c3cc(C)cc(C)c3O)c2C1c1cccc(OCc2ccccc2)c1. The average molecular weight is 498 g/mol. The molecule has 5 rings (SSSR count). The van der Waals surface area contributed by atoms with E-state index in [0.29, 0.717) is 43.1 Å². The summed E-state index contributed by atoms with van der Waals surface area (Å²) in [5, 5.41) is 18.4. The maximum atomic E-state index is 13.6. The largest absolute Gasteiger partial charge is 0.507 e. The zero-order valence-electron chi connectivity index (χ0n) is 21.3. The van der Waals surface area contributed by atoms with E-state index in [-0.39, 0.29) is 17.7 Å². The van der Waals surface area contributed by atoms with Crippen molar-refractivity contribution >= 4 is 5.91 Å². The molecule has 1 aliphatic rings. The number of benzene rings is 3. The number of carbonyl (C=O) groups is 1. The summed E-state index contributed by atoms with van der Waals surface area (Å²) < 4.78 is 11.4. The van der Waals surface area contributed by atoms with Crippen molar-refractivity contribution in [1.29, 1.82) is 0 Å². The highest BCUT2D eigenvalue weighted by molar-refractivity contribution is 6.00. The molecule has 0 radical (unpaired) electrons. The third-order valence-electron chi connectivity index (χ3n) is 6.73. The van der Waals surface area contributed by atoms with Crippen LogP contribution in [0.5, 0.6) is 11.5 Å². The highest BCUT2D eigenvalue weighted by Gasteiger charge is 2.42. The number of methoxy groups -OCH3 is 1. The number of aromatic nitrogens is 2. The van der Waals surface area contributed by atoms with E-state index in [2.05, 4.69) is 10.2 Å². The second-order valence-corrected chi connectivity index (χ2v) is 9.43. The molecule has 0 bridgehead atoms. The van der Waals surface area contributed by atoms with Crippen molar-refractivity contribution in [2.24, 2.45) is 0 Å². The van der Waals surface area contributed by atoms with Crippen molar-refractivity contribution in [2.45, 2.75) is 32.9 Å². The number of phenolic OH excluding ortho intramolecular Hbond substituents is 1. The first-order valence-electron chi connectivity index (χ1n) is 12.4. The number of fused-ring (bicyclic) bond motifs is 1. The summed E-state index contributed by atoms with van der Waals surface area (Å²) in [7, 11) is 1.66. The van der Waals surface area contributed by atoms with Gasteiger partial charge in [-0.25, -0.2) is 0 Å². The molecular weight excluding hydrogens is 466 g/mol. The van der Waals surface area contributed by atoms with Gasteiger partial charge in [-0.15, -0.1) is 0 Å². The fourth-order valence-corrected chi connectivity index (χ4v) is 5.01. The van der Waals surface area contributed by atoms with Crippen LogP contribution in [0.15, 0.2) is 66.7 Å². The minimum atomic E-state index is -0.381. The number of ether oxygens (including phenoxy) is 2. The maximum absolute atomic E-state index is 13.6. The Kier molecular flexibility index (Phi) is 6.97. The molecule has 37 heavy (non-hydrogen) atoms. The van der Waals surface area contributed by atoms with E-state index in [0.717, 1.165) is 33.6 Å². The van der Waals surface area contributed by atoms with Gasteiger partial charge in [-0.05, 0) is 60.7 Å². The van der Waals surface area contributed by atoms with Crippen molar-refractivity contribution in [3.8, 4) is 22.8 Å². The number of aryl methyl sites for hydroxylation is 2. The zero-order valence-corrected chi connectivity index (χ0v) is 21.3. The number of phenols is 1. The van der Waals surface area contributed by atoms with Crippen molar-refractivity contribution < 1.29 is 19.4 Å². The lowest BCUT2D eigenvalue weighted by Crippen LogP contribution is -2.31. The van der Waals surface area contributed by atoms with Gasteiger partial charge in [0.05, 0.1) is 6.04 Å². The van der Waals surface area contributed by atoms with Gasteiger partial charge in [0.1, 0.15) is 29.5 Å². The number of amides is 1. The number of carbonyl (C=O) groups excluding carboxylic acids is 1. The molecule has 190 valence electrons. The van der Waals surface area contributed by atoms with Gasteiger partial charge in [0.15, 0.2) is 0 Å². The molecule has 7 nitrogen and oxygen atoms in total. The van der Waals surface area contributed by atoms with Gasteiger partial charge in [0.25, 0.3) is 5.91 Å². The molecule has 0 saturated heterocycles. The first kappa shape index (κ1) is 24.6. The highest BCUT2D eigenvalue weighted by Crippen LogP contribution is 2.45. The maximum Gasteiger partial charge on any atom is 0.273 e. The number of rotatable bonds is 9. The molecule has 0 aliphatic carbocycles. The molecule has 2 heterocycles. The minimum Gasteiger partial charge on any atom is -0.507 e. The summed E-state index contributed by atoms with van der Waals surface area (Å²) >= 11 is 0. The van der Waals surface area contributed by atoms with Gasteiger partial charge in [-0.2, -0.15) is 5.10 Å². The molecule has 1 aliphatic heterocycles. The van der Waals surface area contributed by atoms with Gasteiger partial charge in [0.2, 0.25) is 0 Å². The smallest absolute Gasteiger partial charge is 0.273 e. The Hall–Kier alpha value is -4.10. The lowest BCUT2D eigenvalue weighted by molar-refractivity contribution is 0.0723. The van der Waals surface area contributed by atoms with Crippen LogP contribution in [-0.2, 0) is 11.3 Å². The van der Waals surface area contributed by atoms with E-state index in [4.69, 9.17) is 9.47 Å². The molecule has 1 unspecified atom stereocenters. The van der Waals surface area contributed by atoms with Crippen LogP contribution < -0.4 is 4.74 Å². The quantitative estimate of drug-likeness (QED) is 0.296. The molecule has 1 amide bonds.